The summed E-state index contributed by atoms with van der Waals surface area (Å²) < 4.78 is 22.7. The average molecular weight is 279 g/mol. The number of non-ortho nitro benzene ring substituents is 1. The van der Waals surface area contributed by atoms with Crippen molar-refractivity contribution in [3.05, 3.63) is 33.9 Å². The maximum absolute atomic E-state index is 10.8. The quantitative estimate of drug-likeness (QED) is 0.464. The molecule has 0 saturated carbocycles. The van der Waals surface area contributed by atoms with Crippen molar-refractivity contribution in [2.24, 2.45) is 0 Å². The molecule has 106 valence electrons. The summed E-state index contributed by atoms with van der Waals surface area (Å²) in [5.41, 5.74) is 0.0443. The molecule has 20 heavy (non-hydrogen) atoms. The van der Waals surface area contributed by atoms with Gasteiger partial charge in [0, 0.05) is 17.7 Å². The van der Waals surface area contributed by atoms with E-state index in [2.05, 4.69) is 0 Å². The van der Waals surface area contributed by atoms with Crippen LogP contribution in [0.2, 0.25) is 0 Å². The molecule has 2 fully saturated rings. The highest BCUT2D eigenvalue weighted by atomic mass is 16.7. The number of hydrogen-bond acceptors (Lipinski definition) is 6. The minimum absolute atomic E-state index is 0.0403. The number of hydrogen-bond donors (Lipinski definition) is 0. The first-order valence-corrected chi connectivity index (χ1v) is 6.45. The molecule has 0 aliphatic carbocycles. The van der Waals surface area contributed by atoms with Crippen LogP contribution in [0.4, 0.5) is 5.69 Å². The molecule has 1 aromatic rings. The zero-order valence-corrected chi connectivity index (χ0v) is 10.8. The molecule has 2 saturated heterocycles. The first kappa shape index (κ1) is 12.1. The summed E-state index contributed by atoms with van der Waals surface area (Å²) >= 11 is 0. The standard InChI is InChI=1S/C13H13NO6/c1-13(12-17-4-5-18-12)11-10(19-11)8-6-7(14(15)16)2-3-9(8)20-13/h2-3,6,10-12H,4-5H2,1H3/t10-,11-,13-/m0/s1. The lowest BCUT2D eigenvalue weighted by molar-refractivity contribution is -0.385. The first-order chi connectivity index (χ1) is 9.59. The number of rotatable bonds is 2. The Morgan fingerprint density at radius 1 is 1.35 bits per heavy atom. The summed E-state index contributed by atoms with van der Waals surface area (Å²) in [6.07, 6.45) is -0.850. The molecule has 7 nitrogen and oxygen atoms in total. The molecule has 3 aliphatic rings. The van der Waals surface area contributed by atoms with E-state index in [-0.39, 0.29) is 17.9 Å². The summed E-state index contributed by atoms with van der Waals surface area (Å²) in [5, 5.41) is 10.8. The molecule has 0 aromatic heterocycles. The van der Waals surface area contributed by atoms with Crippen LogP contribution >= 0.6 is 0 Å². The topological polar surface area (TPSA) is 83.4 Å². The van der Waals surface area contributed by atoms with Gasteiger partial charge in [0.05, 0.1) is 18.1 Å². The van der Waals surface area contributed by atoms with E-state index in [4.69, 9.17) is 18.9 Å². The highest BCUT2D eigenvalue weighted by Gasteiger charge is 2.64. The van der Waals surface area contributed by atoms with Crippen LogP contribution in [0.25, 0.3) is 0 Å². The van der Waals surface area contributed by atoms with E-state index in [1.807, 2.05) is 6.92 Å². The maximum Gasteiger partial charge on any atom is 0.270 e. The third-order valence-corrected chi connectivity index (χ3v) is 3.99. The highest BCUT2D eigenvalue weighted by Crippen LogP contribution is 2.56. The Hall–Kier alpha value is -1.70. The molecule has 7 heteroatoms. The molecule has 0 unspecified atom stereocenters. The Labute approximate surface area is 114 Å². The lowest BCUT2D eigenvalue weighted by atomic mass is 9.91. The van der Waals surface area contributed by atoms with Crippen molar-refractivity contribution >= 4 is 5.69 Å². The fraction of sp³-hybridized carbons (Fsp3) is 0.538. The van der Waals surface area contributed by atoms with E-state index in [9.17, 15) is 10.1 Å². The van der Waals surface area contributed by atoms with Gasteiger partial charge in [-0.15, -0.1) is 0 Å². The SMILES string of the molecule is C[C@]1(C2OCCO2)Oc2ccc([N+](=O)[O-])cc2[C@@H]2O[C@@H]21. The van der Waals surface area contributed by atoms with Crippen LogP contribution in [0.5, 0.6) is 5.75 Å². The van der Waals surface area contributed by atoms with Crippen molar-refractivity contribution in [3.8, 4) is 5.75 Å². The van der Waals surface area contributed by atoms with Gasteiger partial charge in [0.25, 0.3) is 5.69 Å². The number of epoxide rings is 1. The van der Waals surface area contributed by atoms with Gasteiger partial charge in [0.1, 0.15) is 18.0 Å². The number of fused-ring (bicyclic) bond motifs is 3. The molecular formula is C13H13NO6. The fourth-order valence-electron chi connectivity index (χ4n) is 2.92. The number of ether oxygens (including phenoxy) is 4. The molecule has 3 atom stereocenters. The zero-order chi connectivity index (χ0) is 13.9. The molecule has 3 heterocycles. The molecule has 1 aromatic carbocycles. The van der Waals surface area contributed by atoms with Gasteiger partial charge < -0.3 is 18.9 Å². The molecule has 0 radical (unpaired) electrons. The van der Waals surface area contributed by atoms with Crippen LogP contribution in [0.3, 0.4) is 0 Å². The molecule has 4 rings (SSSR count). The second kappa shape index (κ2) is 3.91. The Kier molecular flexibility index (Phi) is 2.36. The van der Waals surface area contributed by atoms with Crippen molar-refractivity contribution < 1.29 is 23.9 Å². The van der Waals surface area contributed by atoms with E-state index in [0.29, 0.717) is 19.0 Å². The molecule has 0 amide bonds. The van der Waals surface area contributed by atoms with Gasteiger partial charge in [0.2, 0.25) is 0 Å². The van der Waals surface area contributed by atoms with Gasteiger partial charge in [-0.2, -0.15) is 0 Å². The predicted molar refractivity (Wildman–Crippen MR) is 65.4 cm³/mol. The molecule has 0 bridgehead atoms. The molecule has 0 N–H and O–H groups in total. The van der Waals surface area contributed by atoms with Gasteiger partial charge in [-0.3, -0.25) is 10.1 Å². The van der Waals surface area contributed by atoms with Gasteiger partial charge in [-0.25, -0.2) is 0 Å². The van der Waals surface area contributed by atoms with E-state index in [1.165, 1.54) is 12.1 Å². The smallest absolute Gasteiger partial charge is 0.270 e. The summed E-state index contributed by atoms with van der Waals surface area (Å²) in [4.78, 5) is 10.4. The van der Waals surface area contributed by atoms with Gasteiger partial charge in [0.15, 0.2) is 11.9 Å². The van der Waals surface area contributed by atoms with E-state index < -0.39 is 16.8 Å². The van der Waals surface area contributed by atoms with Gasteiger partial charge in [-0.05, 0) is 13.0 Å². The fourth-order valence-corrected chi connectivity index (χ4v) is 2.92. The van der Waals surface area contributed by atoms with Crippen LogP contribution < -0.4 is 4.74 Å². The summed E-state index contributed by atoms with van der Waals surface area (Å²) in [5.74, 6) is 0.593. The van der Waals surface area contributed by atoms with E-state index >= 15 is 0 Å². The largest absolute Gasteiger partial charge is 0.479 e. The Morgan fingerprint density at radius 3 is 2.80 bits per heavy atom. The van der Waals surface area contributed by atoms with E-state index in [0.717, 1.165) is 5.56 Å². The minimum Gasteiger partial charge on any atom is -0.479 e. The Morgan fingerprint density at radius 2 is 2.10 bits per heavy atom. The molecular weight excluding hydrogens is 266 g/mol. The Bertz CT molecular complexity index is 584. The van der Waals surface area contributed by atoms with Crippen molar-refractivity contribution in [1.82, 2.24) is 0 Å². The lowest BCUT2D eigenvalue weighted by Crippen LogP contribution is -2.52. The van der Waals surface area contributed by atoms with Crippen LogP contribution in [-0.4, -0.2) is 36.1 Å². The van der Waals surface area contributed by atoms with Crippen LogP contribution in [-0.2, 0) is 14.2 Å². The summed E-state index contributed by atoms with van der Waals surface area (Å²) in [6, 6.07) is 4.55. The maximum atomic E-state index is 10.8. The zero-order valence-electron chi connectivity index (χ0n) is 10.8. The van der Waals surface area contributed by atoms with Crippen molar-refractivity contribution in [2.75, 3.05) is 13.2 Å². The van der Waals surface area contributed by atoms with E-state index in [1.54, 1.807) is 6.07 Å². The second-order valence-corrected chi connectivity index (χ2v) is 5.32. The lowest BCUT2D eigenvalue weighted by Gasteiger charge is -2.36. The van der Waals surface area contributed by atoms with Crippen molar-refractivity contribution in [2.45, 2.75) is 31.0 Å². The van der Waals surface area contributed by atoms with Gasteiger partial charge in [-0.1, -0.05) is 0 Å². The average Bonchev–Trinajstić information content (AvgIpc) is 3.06. The third kappa shape index (κ3) is 1.57. The van der Waals surface area contributed by atoms with Crippen LogP contribution in [0.15, 0.2) is 18.2 Å². The minimum atomic E-state index is -0.718. The predicted octanol–water partition coefficient (Wildman–Crippen LogP) is 1.56. The number of nitro benzene ring substituents is 1. The Balaban J connectivity index is 1.70. The van der Waals surface area contributed by atoms with Crippen molar-refractivity contribution in [3.63, 3.8) is 0 Å². The van der Waals surface area contributed by atoms with Crippen molar-refractivity contribution in [1.29, 1.82) is 0 Å². The number of nitrogens with zero attached hydrogens (tertiary/aromatic N) is 1. The van der Waals surface area contributed by atoms with Crippen LogP contribution in [0, 0.1) is 10.1 Å². The number of nitro groups is 1. The number of benzene rings is 1. The van der Waals surface area contributed by atoms with Gasteiger partial charge >= 0.3 is 0 Å². The molecule has 3 aliphatic heterocycles. The summed E-state index contributed by atoms with van der Waals surface area (Å²) in [6.45, 7) is 2.96. The monoisotopic (exact) mass is 279 g/mol. The normalized spacial score (nSPS) is 35.0. The van der Waals surface area contributed by atoms with Crippen LogP contribution in [0.1, 0.15) is 18.6 Å². The molecule has 0 spiro atoms. The third-order valence-electron chi connectivity index (χ3n) is 3.99. The summed E-state index contributed by atoms with van der Waals surface area (Å²) in [7, 11) is 0. The first-order valence-electron chi connectivity index (χ1n) is 6.45. The highest BCUT2D eigenvalue weighted by molar-refractivity contribution is 5.49. The second-order valence-electron chi connectivity index (χ2n) is 5.32.